The number of fused-ring (bicyclic) bond motifs is 3. The van der Waals surface area contributed by atoms with E-state index in [2.05, 4.69) is 116 Å². The van der Waals surface area contributed by atoms with E-state index in [-0.39, 0.29) is 24.8 Å². The molecule has 4 aromatic carbocycles. The first kappa shape index (κ1) is 29.4. The quantitative estimate of drug-likeness (QED) is 0.277. The van der Waals surface area contributed by atoms with E-state index in [0.717, 1.165) is 6.42 Å². The SMILES string of the molecule is Cc1cc(C(C)(C)C)c[cH-]1.[Cl-].[Cl-].[Zr+2]=[CH]c1ccccc1.[c-]1cccc2c1Cc1ccccc1-2. The van der Waals surface area contributed by atoms with E-state index < -0.39 is 0 Å². The molecule has 0 unspecified atom stereocenters. The van der Waals surface area contributed by atoms with Crippen LogP contribution in [0.15, 0.2) is 91.0 Å². The van der Waals surface area contributed by atoms with Crippen molar-refractivity contribution in [3.63, 3.8) is 0 Å². The molecule has 0 saturated carbocycles. The molecular formula is C30H30Cl2Zr-2. The van der Waals surface area contributed by atoms with Crippen LogP contribution >= 0.6 is 0 Å². The Morgan fingerprint density at radius 3 is 2.06 bits per heavy atom. The molecule has 1 aliphatic rings. The van der Waals surface area contributed by atoms with Crippen molar-refractivity contribution in [1.29, 1.82) is 0 Å². The van der Waals surface area contributed by atoms with Crippen LogP contribution in [-0.2, 0) is 36.1 Å². The zero-order chi connectivity index (χ0) is 22.3. The van der Waals surface area contributed by atoms with Crippen molar-refractivity contribution in [3.05, 3.63) is 125 Å². The molecule has 0 saturated heterocycles. The third-order valence-electron chi connectivity index (χ3n) is 5.36. The van der Waals surface area contributed by atoms with Gasteiger partial charge in [-0.3, -0.25) is 0 Å². The van der Waals surface area contributed by atoms with Crippen LogP contribution in [0.25, 0.3) is 11.1 Å². The smallest absolute Gasteiger partial charge is 0.0253 e. The molecule has 4 aromatic rings. The first-order valence-electron chi connectivity index (χ1n) is 10.8. The minimum atomic E-state index is 0. The van der Waals surface area contributed by atoms with E-state index >= 15 is 0 Å². The molecule has 33 heavy (non-hydrogen) atoms. The number of halogens is 2. The average molecular weight is 553 g/mol. The van der Waals surface area contributed by atoms with Gasteiger partial charge in [-0.25, -0.2) is 6.07 Å². The summed E-state index contributed by atoms with van der Waals surface area (Å²) >= 11 is 1.46. The van der Waals surface area contributed by atoms with Crippen molar-refractivity contribution in [2.75, 3.05) is 0 Å². The molecule has 170 valence electrons. The van der Waals surface area contributed by atoms with Crippen LogP contribution in [0.5, 0.6) is 0 Å². The van der Waals surface area contributed by atoms with Gasteiger partial charge >= 0.3 is 63.8 Å². The van der Waals surface area contributed by atoms with E-state index in [0.29, 0.717) is 5.41 Å². The zero-order valence-corrected chi connectivity index (χ0v) is 23.7. The van der Waals surface area contributed by atoms with Crippen molar-refractivity contribution >= 4 is 3.71 Å². The first-order chi connectivity index (χ1) is 14.9. The summed E-state index contributed by atoms with van der Waals surface area (Å²) in [6.07, 6.45) is 1.05. The number of rotatable bonds is 1. The standard InChI is InChI=1S/C13H9.C10H15.C7H6.2ClH.Zr/c1-3-7-12-10(5-1)9-11-6-2-4-8-13(11)12;1-8-5-6-9(7-8)10(2,3)4;1-7-5-3-2-4-6-7;;;/h1-5,7-8H,9H2;5-7H,1-4H3;1-6H;2*1H;/q2*-1;;;;+2/p-2. The van der Waals surface area contributed by atoms with Gasteiger partial charge in [-0.1, -0.05) is 68.5 Å². The van der Waals surface area contributed by atoms with Gasteiger partial charge in [-0.2, -0.15) is 53.1 Å². The second-order valence-electron chi connectivity index (χ2n) is 8.88. The molecule has 0 heterocycles. The van der Waals surface area contributed by atoms with Gasteiger partial charge in [0.25, 0.3) is 0 Å². The third-order valence-corrected chi connectivity index (χ3v) is 6.18. The Kier molecular flexibility index (Phi) is 12.4. The maximum Gasteiger partial charge on any atom is -0.0253 e. The number of hydrogen-bond donors (Lipinski definition) is 0. The van der Waals surface area contributed by atoms with Crippen LogP contribution in [0.2, 0.25) is 0 Å². The second kappa shape index (κ2) is 13.9. The monoisotopic (exact) mass is 550 g/mol. The Bertz CT molecular complexity index is 1080. The molecule has 0 bridgehead atoms. The van der Waals surface area contributed by atoms with Crippen LogP contribution in [0.4, 0.5) is 0 Å². The Morgan fingerprint density at radius 1 is 0.879 bits per heavy atom. The van der Waals surface area contributed by atoms with E-state index in [4.69, 9.17) is 0 Å². The van der Waals surface area contributed by atoms with Gasteiger partial charge in [0.1, 0.15) is 0 Å². The maximum absolute atomic E-state index is 3.30. The summed E-state index contributed by atoms with van der Waals surface area (Å²) < 4.78 is 2.17. The summed E-state index contributed by atoms with van der Waals surface area (Å²) in [6, 6.07) is 35.1. The summed E-state index contributed by atoms with van der Waals surface area (Å²) in [5, 5.41) is 0. The summed E-state index contributed by atoms with van der Waals surface area (Å²) in [4.78, 5) is 0. The minimum Gasteiger partial charge on any atom is -0.179 e. The molecular weight excluding hydrogens is 522 g/mol. The molecule has 0 amide bonds. The molecule has 3 heteroatoms. The largest absolute Gasteiger partial charge is 0.179 e. The second-order valence-corrected chi connectivity index (χ2v) is 9.59. The van der Waals surface area contributed by atoms with Gasteiger partial charge in [0, 0.05) is 0 Å². The van der Waals surface area contributed by atoms with E-state index in [1.165, 1.54) is 63.2 Å². The molecule has 0 atom stereocenters. The number of aryl methyl sites for hydroxylation is 1. The van der Waals surface area contributed by atoms with Gasteiger partial charge < -0.3 is 24.8 Å². The normalized spacial score (nSPS) is 10.6. The maximum atomic E-state index is 3.30. The molecule has 0 aromatic heterocycles. The Balaban J connectivity index is 0.000000248. The Morgan fingerprint density at radius 2 is 1.52 bits per heavy atom. The summed E-state index contributed by atoms with van der Waals surface area (Å²) in [5.41, 5.74) is 9.95. The topological polar surface area (TPSA) is 0 Å². The molecule has 5 rings (SSSR count). The van der Waals surface area contributed by atoms with Gasteiger partial charge in [0.05, 0.1) is 0 Å². The molecule has 0 nitrogen and oxygen atoms in total. The summed E-state index contributed by atoms with van der Waals surface area (Å²) in [5.74, 6) is 0. The third kappa shape index (κ3) is 8.57. The predicted molar refractivity (Wildman–Crippen MR) is 131 cm³/mol. The van der Waals surface area contributed by atoms with E-state index in [9.17, 15) is 0 Å². The van der Waals surface area contributed by atoms with Crippen LogP contribution in [0.3, 0.4) is 0 Å². The molecule has 0 spiro atoms. The van der Waals surface area contributed by atoms with Gasteiger partial charge in [0.2, 0.25) is 0 Å². The molecule has 0 N–H and O–H groups in total. The first-order valence-corrected chi connectivity index (χ1v) is 12.2. The Labute approximate surface area is 227 Å². The van der Waals surface area contributed by atoms with Crippen molar-refractivity contribution < 1.29 is 49.0 Å². The van der Waals surface area contributed by atoms with E-state index in [1.807, 2.05) is 12.1 Å². The molecule has 0 aliphatic heterocycles. The fraction of sp³-hybridized carbons (Fsp3) is 0.200. The zero-order valence-electron chi connectivity index (χ0n) is 19.7. The molecule has 1 aliphatic carbocycles. The fourth-order valence-electron chi connectivity index (χ4n) is 3.58. The van der Waals surface area contributed by atoms with Crippen LogP contribution in [0.1, 0.15) is 48.6 Å². The van der Waals surface area contributed by atoms with Crippen molar-refractivity contribution in [3.8, 4) is 11.1 Å². The van der Waals surface area contributed by atoms with Crippen LogP contribution in [-0.4, -0.2) is 3.71 Å². The molecule has 0 radical (unpaired) electrons. The summed E-state index contributed by atoms with van der Waals surface area (Å²) in [6.45, 7) is 8.85. The van der Waals surface area contributed by atoms with Crippen molar-refractivity contribution in [2.24, 2.45) is 0 Å². The summed E-state index contributed by atoms with van der Waals surface area (Å²) in [7, 11) is 0. The van der Waals surface area contributed by atoms with E-state index in [1.54, 1.807) is 0 Å². The van der Waals surface area contributed by atoms with Gasteiger partial charge in [0.15, 0.2) is 0 Å². The van der Waals surface area contributed by atoms with Crippen molar-refractivity contribution in [2.45, 2.75) is 39.5 Å². The van der Waals surface area contributed by atoms with Crippen molar-refractivity contribution in [1.82, 2.24) is 0 Å². The average Bonchev–Trinajstić information content (AvgIpc) is 3.39. The van der Waals surface area contributed by atoms with Gasteiger partial charge in [-0.15, -0.1) is 5.56 Å². The van der Waals surface area contributed by atoms with Crippen LogP contribution < -0.4 is 24.8 Å². The van der Waals surface area contributed by atoms with Crippen LogP contribution in [0, 0.1) is 13.0 Å². The molecule has 0 fully saturated rings. The predicted octanol–water partition coefficient (Wildman–Crippen LogP) is 1.46. The number of benzene rings is 3. The fourth-order valence-corrected chi connectivity index (χ4v) is 4.05. The van der Waals surface area contributed by atoms with Gasteiger partial charge in [-0.05, 0) is 6.42 Å². The minimum absolute atomic E-state index is 0. The Hall–Kier alpha value is -1.66. The number of hydrogen-bond acceptors (Lipinski definition) is 0.